The molecule has 0 bridgehead atoms. The predicted octanol–water partition coefficient (Wildman–Crippen LogP) is 3.47. The first-order valence-corrected chi connectivity index (χ1v) is 7.82. The number of carbonyl (C=O) groups is 2. The zero-order valence-electron chi connectivity index (χ0n) is 13.9. The molecule has 0 aliphatic heterocycles. The Morgan fingerprint density at radius 2 is 1.80 bits per heavy atom. The van der Waals surface area contributed by atoms with E-state index in [1.807, 2.05) is 30.3 Å². The molecule has 3 aromatic rings. The first-order valence-electron chi connectivity index (χ1n) is 7.82. The molecule has 25 heavy (non-hydrogen) atoms. The summed E-state index contributed by atoms with van der Waals surface area (Å²) in [5.74, 6) is -0.687. The molecule has 0 saturated carbocycles. The Bertz CT molecular complexity index is 883. The molecule has 2 aromatic carbocycles. The van der Waals surface area contributed by atoms with Crippen molar-refractivity contribution in [3.63, 3.8) is 0 Å². The molecule has 0 aliphatic carbocycles. The van der Waals surface area contributed by atoms with E-state index < -0.39 is 11.9 Å². The van der Waals surface area contributed by atoms with Gasteiger partial charge in [0.15, 0.2) is 0 Å². The molecule has 0 unspecified atom stereocenters. The number of anilines is 1. The number of hydrogen-bond acceptors (Lipinski definition) is 5. The Morgan fingerprint density at radius 1 is 1.08 bits per heavy atom. The van der Waals surface area contributed by atoms with Crippen LogP contribution in [0.2, 0.25) is 0 Å². The van der Waals surface area contributed by atoms with Gasteiger partial charge in [-0.1, -0.05) is 30.3 Å². The Balaban J connectivity index is 1.71. The van der Waals surface area contributed by atoms with Crippen molar-refractivity contribution < 1.29 is 18.7 Å². The van der Waals surface area contributed by atoms with E-state index in [0.717, 1.165) is 11.0 Å². The molecule has 6 heteroatoms. The van der Waals surface area contributed by atoms with Crippen LogP contribution in [0.1, 0.15) is 29.0 Å². The van der Waals surface area contributed by atoms with Gasteiger partial charge in [0.1, 0.15) is 11.3 Å². The summed E-state index contributed by atoms with van der Waals surface area (Å²) in [5, 5.41) is 0.946. The van der Waals surface area contributed by atoms with Crippen LogP contribution < -0.4 is 10.9 Å². The van der Waals surface area contributed by atoms with Gasteiger partial charge < -0.3 is 9.15 Å². The second-order valence-electron chi connectivity index (χ2n) is 5.56. The maximum Gasteiger partial charge on any atom is 0.340 e. The lowest BCUT2D eigenvalue weighted by atomic mass is 10.1. The fourth-order valence-corrected chi connectivity index (χ4v) is 2.46. The molecular weight excluding hydrogens is 320 g/mol. The van der Waals surface area contributed by atoms with Crippen LogP contribution >= 0.6 is 0 Å². The van der Waals surface area contributed by atoms with Crippen LogP contribution in [-0.4, -0.2) is 19.0 Å². The number of amides is 1. The van der Waals surface area contributed by atoms with Crippen LogP contribution in [0.4, 0.5) is 5.69 Å². The number of ether oxygens (including phenoxy) is 1. The summed E-state index contributed by atoms with van der Waals surface area (Å²) in [5.41, 5.74) is 6.90. The second kappa shape index (κ2) is 7.09. The summed E-state index contributed by atoms with van der Waals surface area (Å²) < 4.78 is 10.4. The van der Waals surface area contributed by atoms with E-state index in [0.29, 0.717) is 17.0 Å². The first-order chi connectivity index (χ1) is 12.1. The molecule has 6 nitrogen and oxygen atoms in total. The summed E-state index contributed by atoms with van der Waals surface area (Å²) in [6.45, 7) is 1.75. The van der Waals surface area contributed by atoms with Crippen LogP contribution in [0.25, 0.3) is 11.0 Å². The molecule has 2 N–H and O–H groups in total. The number of para-hydroxylation sites is 2. The Hall–Kier alpha value is -3.28. The van der Waals surface area contributed by atoms with Crippen molar-refractivity contribution in [2.45, 2.75) is 12.8 Å². The van der Waals surface area contributed by atoms with E-state index in [2.05, 4.69) is 10.9 Å². The fraction of sp³-hybridized carbons (Fsp3) is 0.158. The van der Waals surface area contributed by atoms with Gasteiger partial charge in [-0.2, -0.15) is 0 Å². The minimum Gasteiger partial charge on any atom is -0.465 e. The maximum atomic E-state index is 12.4. The first kappa shape index (κ1) is 16.6. The van der Waals surface area contributed by atoms with Crippen molar-refractivity contribution >= 4 is 28.5 Å². The Morgan fingerprint density at radius 3 is 2.56 bits per heavy atom. The number of nitrogens with one attached hydrogen (secondary N) is 2. The van der Waals surface area contributed by atoms with Crippen LogP contribution in [-0.2, 0) is 9.53 Å². The summed E-state index contributed by atoms with van der Waals surface area (Å²) in [4.78, 5) is 24.1. The Labute approximate surface area is 144 Å². The van der Waals surface area contributed by atoms with Gasteiger partial charge in [-0.15, -0.1) is 0 Å². The number of methoxy groups -OCH3 is 1. The second-order valence-corrected chi connectivity index (χ2v) is 5.56. The average molecular weight is 338 g/mol. The van der Waals surface area contributed by atoms with E-state index in [9.17, 15) is 9.59 Å². The standard InChI is InChI=1S/C19H18N2O4/c1-12(17-11-13-7-3-6-10-16(13)25-17)18(22)21-20-15-9-5-4-8-14(15)19(23)24-2/h3-12,20H,1-2H3,(H,21,22)/t12-/m0/s1. The van der Waals surface area contributed by atoms with Crippen molar-refractivity contribution in [1.29, 1.82) is 0 Å². The van der Waals surface area contributed by atoms with Crippen molar-refractivity contribution in [2.24, 2.45) is 0 Å². The molecule has 3 rings (SSSR count). The van der Waals surface area contributed by atoms with Gasteiger partial charge in [-0.05, 0) is 31.2 Å². The molecule has 1 amide bonds. The smallest absolute Gasteiger partial charge is 0.340 e. The third kappa shape index (κ3) is 3.47. The van der Waals surface area contributed by atoms with Crippen LogP contribution in [0.5, 0.6) is 0 Å². The summed E-state index contributed by atoms with van der Waals surface area (Å²) in [6.07, 6.45) is 0. The Kier molecular flexibility index (Phi) is 4.70. The maximum absolute atomic E-state index is 12.4. The number of furan rings is 1. The topological polar surface area (TPSA) is 80.6 Å². The van der Waals surface area contributed by atoms with Gasteiger partial charge in [-0.3, -0.25) is 15.6 Å². The minimum absolute atomic E-state index is 0.279. The molecule has 0 spiro atoms. The highest BCUT2D eigenvalue weighted by Crippen LogP contribution is 2.25. The highest BCUT2D eigenvalue weighted by Gasteiger charge is 2.20. The van der Waals surface area contributed by atoms with E-state index in [1.165, 1.54) is 7.11 Å². The summed E-state index contributed by atoms with van der Waals surface area (Å²) in [6, 6.07) is 16.2. The molecule has 0 fully saturated rings. The number of rotatable bonds is 5. The van der Waals surface area contributed by atoms with Gasteiger partial charge in [0.2, 0.25) is 5.91 Å². The van der Waals surface area contributed by atoms with E-state index in [4.69, 9.17) is 9.15 Å². The molecule has 128 valence electrons. The highest BCUT2D eigenvalue weighted by molar-refractivity contribution is 5.96. The van der Waals surface area contributed by atoms with Crippen molar-refractivity contribution in [3.05, 3.63) is 65.9 Å². The van der Waals surface area contributed by atoms with Crippen molar-refractivity contribution in [1.82, 2.24) is 5.43 Å². The SMILES string of the molecule is COC(=O)c1ccccc1NNC(=O)[C@@H](C)c1cc2ccccc2o1. The number of esters is 1. The largest absolute Gasteiger partial charge is 0.465 e. The normalized spacial score (nSPS) is 11.8. The molecule has 0 radical (unpaired) electrons. The fourth-order valence-electron chi connectivity index (χ4n) is 2.46. The van der Waals surface area contributed by atoms with Gasteiger partial charge in [0.05, 0.1) is 24.3 Å². The van der Waals surface area contributed by atoms with Crippen LogP contribution in [0.15, 0.2) is 59.0 Å². The van der Waals surface area contributed by atoms with Gasteiger partial charge in [0, 0.05) is 5.39 Å². The quantitative estimate of drug-likeness (QED) is 0.550. The average Bonchev–Trinajstić information content (AvgIpc) is 3.09. The summed E-state index contributed by atoms with van der Waals surface area (Å²) >= 11 is 0. The number of fused-ring (bicyclic) bond motifs is 1. The van der Waals surface area contributed by atoms with Gasteiger partial charge in [0.25, 0.3) is 0 Å². The van der Waals surface area contributed by atoms with Crippen molar-refractivity contribution in [2.75, 3.05) is 12.5 Å². The minimum atomic E-state index is -0.495. The zero-order valence-corrected chi connectivity index (χ0v) is 13.9. The number of benzene rings is 2. The summed E-state index contributed by atoms with van der Waals surface area (Å²) in [7, 11) is 1.31. The highest BCUT2D eigenvalue weighted by atomic mass is 16.5. The molecule has 0 aliphatic rings. The van der Waals surface area contributed by atoms with Crippen LogP contribution in [0, 0.1) is 0 Å². The third-order valence-corrected chi connectivity index (χ3v) is 3.92. The number of carbonyl (C=O) groups excluding carboxylic acids is 2. The van der Waals surface area contributed by atoms with E-state index in [-0.39, 0.29) is 5.91 Å². The van der Waals surface area contributed by atoms with E-state index in [1.54, 1.807) is 31.2 Å². The number of hydrogen-bond donors (Lipinski definition) is 2. The predicted molar refractivity (Wildman–Crippen MR) is 94.2 cm³/mol. The molecule has 1 heterocycles. The van der Waals surface area contributed by atoms with Crippen molar-refractivity contribution in [3.8, 4) is 0 Å². The monoisotopic (exact) mass is 338 g/mol. The van der Waals surface area contributed by atoms with E-state index >= 15 is 0 Å². The van der Waals surface area contributed by atoms with Crippen LogP contribution in [0.3, 0.4) is 0 Å². The molecular formula is C19H18N2O4. The molecule has 1 atom stereocenters. The molecule has 0 saturated heterocycles. The lowest BCUT2D eigenvalue weighted by Gasteiger charge is -2.14. The third-order valence-electron chi connectivity index (χ3n) is 3.92. The lowest BCUT2D eigenvalue weighted by Crippen LogP contribution is -2.33. The molecule has 1 aromatic heterocycles. The van der Waals surface area contributed by atoms with Gasteiger partial charge in [-0.25, -0.2) is 4.79 Å². The zero-order chi connectivity index (χ0) is 17.8. The lowest BCUT2D eigenvalue weighted by molar-refractivity contribution is -0.122. The van der Waals surface area contributed by atoms with Gasteiger partial charge >= 0.3 is 5.97 Å². The number of hydrazine groups is 1.